The molecule has 9 nitrogen and oxygen atoms in total. The molecule has 1 unspecified atom stereocenters. The summed E-state index contributed by atoms with van der Waals surface area (Å²) < 4.78 is 13.7. The molecule has 0 aromatic carbocycles. The monoisotopic (exact) mass is 451 g/mol. The highest BCUT2D eigenvalue weighted by Gasteiger charge is 2.29. The smallest absolute Gasteiger partial charge is 0.412 e. The molecule has 2 aromatic heterocycles. The normalized spacial score (nSPS) is 17.2. The van der Waals surface area contributed by atoms with Crippen LogP contribution in [0.2, 0.25) is 0 Å². The number of aryl methyl sites for hydroxylation is 1. The summed E-state index contributed by atoms with van der Waals surface area (Å²) >= 11 is 0. The maximum Gasteiger partial charge on any atom is 0.412 e. The second-order valence-electron chi connectivity index (χ2n) is 6.96. The molecule has 1 amide bonds. The first kappa shape index (κ1) is 24.3. The fraction of sp³-hybridized carbons (Fsp3) is 0.400. The van der Waals surface area contributed by atoms with Crippen molar-refractivity contribution in [2.75, 3.05) is 24.5 Å². The number of carboxylic acid groups (broad SMARTS) is 1. The number of H-pyrrole nitrogens is 1. The van der Waals surface area contributed by atoms with Gasteiger partial charge in [-0.05, 0) is 49.9 Å². The number of nitrogens with two attached hydrogens (primary N) is 1. The predicted octanol–water partition coefficient (Wildman–Crippen LogP) is 3.12. The number of amides is 1. The van der Waals surface area contributed by atoms with Crippen LogP contribution in [0.15, 0.2) is 41.8 Å². The first-order valence-electron chi connectivity index (χ1n) is 9.88. The number of hydrogen-bond acceptors (Lipinski definition) is 6. The third kappa shape index (κ3) is 6.50. The molecule has 0 radical (unpaired) electrons. The minimum atomic E-state index is -0.969. The predicted molar refractivity (Wildman–Crippen MR) is 119 cm³/mol. The number of aromatic nitrogens is 3. The Morgan fingerprint density at radius 3 is 2.87 bits per heavy atom. The lowest BCUT2D eigenvalue weighted by atomic mass is 10.00. The molecule has 1 fully saturated rings. The number of pyridine rings is 1. The van der Waals surface area contributed by atoms with Crippen LogP contribution < -0.4 is 10.6 Å². The van der Waals surface area contributed by atoms with Gasteiger partial charge in [-0.2, -0.15) is 5.10 Å². The van der Waals surface area contributed by atoms with Crippen LogP contribution in [0.1, 0.15) is 36.6 Å². The van der Waals surface area contributed by atoms with Crippen molar-refractivity contribution in [3.63, 3.8) is 0 Å². The molecule has 0 spiro atoms. The molecule has 2 aliphatic heterocycles. The zero-order chi connectivity index (χ0) is 21.3. The summed E-state index contributed by atoms with van der Waals surface area (Å²) in [6.07, 6.45) is 10.3. The van der Waals surface area contributed by atoms with Crippen molar-refractivity contribution >= 4 is 30.7 Å². The van der Waals surface area contributed by atoms with E-state index in [2.05, 4.69) is 25.1 Å². The van der Waals surface area contributed by atoms with E-state index in [4.69, 9.17) is 10.8 Å². The highest BCUT2D eigenvalue weighted by molar-refractivity contribution is 5.85. The molecule has 1 atom stereocenters. The van der Waals surface area contributed by atoms with E-state index in [9.17, 15) is 9.18 Å². The average molecular weight is 452 g/mol. The quantitative estimate of drug-likeness (QED) is 0.641. The molecule has 168 valence electrons. The topological polar surface area (TPSA) is 124 Å². The number of halogens is 2. The van der Waals surface area contributed by atoms with Crippen molar-refractivity contribution in [2.24, 2.45) is 10.7 Å². The van der Waals surface area contributed by atoms with Gasteiger partial charge in [-0.1, -0.05) is 0 Å². The van der Waals surface area contributed by atoms with Gasteiger partial charge in [-0.3, -0.25) is 15.0 Å². The number of hydrogen-bond donors (Lipinski definition) is 3. The Bertz CT molecular complexity index is 892. The van der Waals surface area contributed by atoms with Crippen LogP contribution in [0, 0.1) is 5.82 Å². The fourth-order valence-electron chi connectivity index (χ4n) is 3.55. The van der Waals surface area contributed by atoms with E-state index in [-0.39, 0.29) is 24.3 Å². The second-order valence-corrected chi connectivity index (χ2v) is 6.96. The molecule has 0 saturated carbocycles. The van der Waals surface area contributed by atoms with E-state index in [0.29, 0.717) is 13.1 Å². The third-order valence-electron chi connectivity index (χ3n) is 4.94. The highest BCUT2D eigenvalue weighted by Crippen LogP contribution is 2.36. The van der Waals surface area contributed by atoms with Crippen LogP contribution in [0.25, 0.3) is 0 Å². The fourth-order valence-corrected chi connectivity index (χ4v) is 3.55. The van der Waals surface area contributed by atoms with Crippen molar-refractivity contribution < 1.29 is 14.3 Å². The van der Waals surface area contributed by atoms with Crippen LogP contribution in [0.5, 0.6) is 0 Å². The number of aliphatic imine (C=N–C) groups is 1. The van der Waals surface area contributed by atoms with E-state index >= 15 is 0 Å². The van der Waals surface area contributed by atoms with Crippen molar-refractivity contribution in [3.05, 3.63) is 53.9 Å². The van der Waals surface area contributed by atoms with Crippen LogP contribution in [-0.2, 0) is 6.42 Å². The largest absolute Gasteiger partial charge is 0.465 e. The maximum atomic E-state index is 13.7. The molecule has 4 rings (SSSR count). The summed E-state index contributed by atoms with van der Waals surface area (Å²) in [6.45, 7) is 1.96. The Morgan fingerprint density at radius 2 is 2.26 bits per heavy atom. The van der Waals surface area contributed by atoms with Gasteiger partial charge in [0.25, 0.3) is 0 Å². The second kappa shape index (κ2) is 12.0. The number of anilines is 1. The van der Waals surface area contributed by atoms with E-state index in [1.54, 1.807) is 24.5 Å². The minimum absolute atomic E-state index is 0. The standard InChI is InChI=1S/C15H20FN5.C5H6N2O2.ClH/c16-11-9-12(13(18-10-11)3-1-6-17)14-4-2-8-21(14)15-5-7-19-20-15;8-5(9)7-3-1-2-6-4-7;/h5,7,9-10,14H,1-4,6,8,17H2,(H,19,20);1-2,4H,3H2,(H,8,9);1H. The summed E-state index contributed by atoms with van der Waals surface area (Å²) in [7, 11) is 0. The Balaban J connectivity index is 0.000000289. The van der Waals surface area contributed by atoms with Gasteiger partial charge in [0.1, 0.15) is 18.0 Å². The van der Waals surface area contributed by atoms with E-state index < -0.39 is 6.09 Å². The van der Waals surface area contributed by atoms with E-state index in [0.717, 1.165) is 54.2 Å². The summed E-state index contributed by atoms with van der Waals surface area (Å²) in [4.78, 5) is 21.4. The van der Waals surface area contributed by atoms with Crippen molar-refractivity contribution in [1.82, 2.24) is 20.1 Å². The molecule has 4 heterocycles. The molecule has 2 aromatic rings. The minimum Gasteiger partial charge on any atom is -0.465 e. The first-order chi connectivity index (χ1) is 14.6. The lowest BCUT2D eigenvalue weighted by Gasteiger charge is -2.26. The summed E-state index contributed by atoms with van der Waals surface area (Å²) in [6, 6.07) is 3.73. The van der Waals surface area contributed by atoms with Crippen LogP contribution >= 0.6 is 12.4 Å². The van der Waals surface area contributed by atoms with Crippen molar-refractivity contribution in [2.45, 2.75) is 31.7 Å². The highest BCUT2D eigenvalue weighted by atomic mass is 35.5. The number of rotatable bonds is 5. The van der Waals surface area contributed by atoms with Gasteiger partial charge in [-0.25, -0.2) is 14.2 Å². The lowest BCUT2D eigenvalue weighted by Crippen LogP contribution is -2.29. The molecule has 4 N–H and O–H groups in total. The Hall–Kier alpha value is -2.98. The number of nitrogens with zero attached hydrogens (tertiary/aromatic N) is 5. The van der Waals surface area contributed by atoms with E-state index in [1.165, 1.54) is 12.5 Å². The first-order valence-corrected chi connectivity index (χ1v) is 9.88. The van der Waals surface area contributed by atoms with Gasteiger partial charge in [0.05, 0.1) is 18.4 Å². The molecule has 2 aliphatic rings. The van der Waals surface area contributed by atoms with Gasteiger partial charge in [0.2, 0.25) is 0 Å². The number of carbonyl (C=O) groups is 1. The van der Waals surface area contributed by atoms with Gasteiger partial charge in [-0.15, -0.1) is 12.4 Å². The van der Waals surface area contributed by atoms with E-state index in [1.807, 2.05) is 6.07 Å². The van der Waals surface area contributed by atoms with Crippen LogP contribution in [0.4, 0.5) is 15.0 Å². The Labute approximate surface area is 186 Å². The average Bonchev–Trinajstić information content (AvgIpc) is 3.45. The number of nitrogens with one attached hydrogen (secondary N) is 1. The van der Waals surface area contributed by atoms with Crippen LogP contribution in [-0.4, -0.2) is 57.3 Å². The van der Waals surface area contributed by atoms with Crippen molar-refractivity contribution in [3.8, 4) is 0 Å². The Kier molecular flexibility index (Phi) is 9.41. The summed E-state index contributed by atoms with van der Waals surface area (Å²) in [5.74, 6) is 0.699. The van der Waals surface area contributed by atoms with Crippen molar-refractivity contribution in [1.29, 1.82) is 0 Å². The number of aromatic amines is 1. The third-order valence-corrected chi connectivity index (χ3v) is 4.94. The molecular formula is C20H27ClFN7O2. The molecular weight excluding hydrogens is 425 g/mol. The SMILES string of the molecule is Cl.NCCCc1ncc(F)cc1C1CCCN1c1ccn[nH]1.O=C(O)N1C=NC=CC1. The molecule has 31 heavy (non-hydrogen) atoms. The summed E-state index contributed by atoms with van der Waals surface area (Å²) in [5.41, 5.74) is 7.53. The molecule has 11 heteroatoms. The maximum absolute atomic E-state index is 13.7. The zero-order valence-electron chi connectivity index (χ0n) is 17.0. The van der Waals surface area contributed by atoms with Gasteiger partial charge >= 0.3 is 6.09 Å². The Morgan fingerprint density at radius 1 is 1.42 bits per heavy atom. The zero-order valence-corrected chi connectivity index (χ0v) is 17.8. The van der Waals surface area contributed by atoms with Gasteiger partial charge in [0, 0.05) is 31.0 Å². The molecule has 0 aliphatic carbocycles. The molecule has 0 bridgehead atoms. The molecule has 1 saturated heterocycles. The van der Waals surface area contributed by atoms with Gasteiger partial charge in [0.15, 0.2) is 0 Å². The van der Waals surface area contributed by atoms with Crippen LogP contribution in [0.3, 0.4) is 0 Å². The van der Waals surface area contributed by atoms with Gasteiger partial charge < -0.3 is 15.7 Å². The summed E-state index contributed by atoms with van der Waals surface area (Å²) in [5, 5.41) is 15.3. The lowest BCUT2D eigenvalue weighted by molar-refractivity contribution is 0.173.